The van der Waals surface area contributed by atoms with Gasteiger partial charge in [0.1, 0.15) is 0 Å². The summed E-state index contributed by atoms with van der Waals surface area (Å²) in [5.41, 5.74) is 0. The molecule has 2 atom stereocenters. The number of esters is 1. The van der Waals surface area contributed by atoms with Crippen LogP contribution in [0.5, 0.6) is 0 Å². The highest BCUT2D eigenvalue weighted by molar-refractivity contribution is 5.76. The largest absolute Gasteiger partial charge is 0.466 e. The lowest BCUT2D eigenvalue weighted by Crippen LogP contribution is -2.45. The maximum absolute atomic E-state index is 12.4. The fourth-order valence-corrected chi connectivity index (χ4v) is 10.2. The summed E-state index contributed by atoms with van der Waals surface area (Å²) < 4.78 is 5.48. The molecular weight excluding hydrogens is 923 g/mol. The Kier molecular flexibility index (Phi) is 62.5. The Morgan fingerprint density at radius 2 is 0.680 bits per heavy atom. The van der Waals surface area contributed by atoms with Gasteiger partial charge in [0.05, 0.1) is 25.4 Å². The summed E-state index contributed by atoms with van der Waals surface area (Å²) >= 11 is 0. The first-order valence-corrected chi connectivity index (χ1v) is 33.4. The van der Waals surface area contributed by atoms with Crippen molar-refractivity contribution in [2.75, 3.05) is 13.2 Å². The van der Waals surface area contributed by atoms with Crippen molar-refractivity contribution in [3.05, 3.63) is 48.6 Å². The number of ether oxygens (including phenoxy) is 1. The van der Waals surface area contributed by atoms with Crippen molar-refractivity contribution >= 4 is 11.9 Å². The van der Waals surface area contributed by atoms with Crippen molar-refractivity contribution in [2.45, 2.75) is 366 Å². The van der Waals surface area contributed by atoms with E-state index in [0.717, 1.165) is 51.4 Å². The van der Waals surface area contributed by atoms with Gasteiger partial charge in [0.2, 0.25) is 5.91 Å². The van der Waals surface area contributed by atoms with Gasteiger partial charge in [0.15, 0.2) is 0 Å². The summed E-state index contributed by atoms with van der Waals surface area (Å²) in [4.78, 5) is 24.4. The number of unbranched alkanes of at least 4 members (excludes halogenated alkanes) is 45. The second kappa shape index (κ2) is 64.3. The van der Waals surface area contributed by atoms with Crippen LogP contribution in [0.25, 0.3) is 0 Å². The van der Waals surface area contributed by atoms with Gasteiger partial charge in [-0.05, 0) is 83.5 Å². The van der Waals surface area contributed by atoms with Crippen LogP contribution in [-0.2, 0) is 14.3 Å². The van der Waals surface area contributed by atoms with E-state index < -0.39 is 12.1 Å². The second-order valence-corrected chi connectivity index (χ2v) is 22.8. The zero-order valence-electron chi connectivity index (χ0n) is 50.3. The molecule has 0 fully saturated rings. The molecule has 0 rings (SSSR count). The average Bonchev–Trinajstić information content (AvgIpc) is 3.41. The maximum atomic E-state index is 12.4. The van der Waals surface area contributed by atoms with Crippen LogP contribution in [0.3, 0.4) is 0 Å². The van der Waals surface area contributed by atoms with E-state index in [1.165, 1.54) is 276 Å². The highest BCUT2D eigenvalue weighted by atomic mass is 16.5. The van der Waals surface area contributed by atoms with Gasteiger partial charge in [-0.2, -0.15) is 0 Å². The van der Waals surface area contributed by atoms with E-state index in [0.29, 0.717) is 19.4 Å². The fourth-order valence-electron chi connectivity index (χ4n) is 10.2. The van der Waals surface area contributed by atoms with Crippen molar-refractivity contribution in [1.29, 1.82) is 0 Å². The van der Waals surface area contributed by atoms with Gasteiger partial charge in [-0.3, -0.25) is 9.59 Å². The molecule has 3 N–H and O–H groups in total. The smallest absolute Gasteiger partial charge is 0.305 e. The third kappa shape index (κ3) is 60.9. The minimum absolute atomic E-state index is 0.00501. The minimum atomic E-state index is -0.840. The van der Waals surface area contributed by atoms with E-state index >= 15 is 0 Å². The Morgan fingerprint density at radius 1 is 0.373 bits per heavy atom. The Labute approximate surface area is 467 Å². The maximum Gasteiger partial charge on any atom is 0.305 e. The molecule has 2 unspecified atom stereocenters. The first kappa shape index (κ1) is 72.8. The average molecular weight is 1050 g/mol. The fraction of sp³-hybridized carbons (Fsp3) is 0.855. The molecule has 75 heavy (non-hydrogen) atoms. The molecule has 0 heterocycles. The number of aliphatic hydroxyl groups excluding tert-OH is 2. The highest BCUT2D eigenvalue weighted by Crippen LogP contribution is 2.18. The standard InChI is InChI=1S/C69H129NO5/c1-3-5-7-9-11-13-14-15-40-43-47-51-55-59-63-69(74)75-64-60-56-52-48-44-41-38-36-34-32-30-28-26-24-22-20-18-16-17-19-21-23-25-27-29-31-33-35-37-39-42-46-50-54-58-62-68(73)70-66(65-71)67(72)61-57-53-49-45-12-10-8-6-4-2/h9,11,14-15,18,20,57,61,66-67,71-72H,3-8,10,12-13,16-17,19,21-56,58-60,62-65H2,1-2H3,(H,70,73)/b11-9-,15-14-,20-18-,61-57+. The van der Waals surface area contributed by atoms with Crippen molar-refractivity contribution in [3.63, 3.8) is 0 Å². The first-order chi connectivity index (χ1) is 37.0. The van der Waals surface area contributed by atoms with Gasteiger partial charge in [-0.25, -0.2) is 0 Å². The molecule has 0 aliphatic rings. The number of carbonyl (C=O) groups is 2. The Hall–Kier alpha value is -2.18. The van der Waals surface area contributed by atoms with Gasteiger partial charge in [0.25, 0.3) is 0 Å². The van der Waals surface area contributed by atoms with Crippen LogP contribution in [-0.4, -0.2) is 47.4 Å². The van der Waals surface area contributed by atoms with Gasteiger partial charge >= 0.3 is 5.97 Å². The van der Waals surface area contributed by atoms with Crippen LogP contribution in [0.2, 0.25) is 0 Å². The molecule has 0 aromatic heterocycles. The molecule has 440 valence electrons. The highest BCUT2D eigenvalue weighted by Gasteiger charge is 2.18. The number of aliphatic hydroxyl groups is 2. The van der Waals surface area contributed by atoms with Crippen molar-refractivity contribution in [2.24, 2.45) is 0 Å². The van der Waals surface area contributed by atoms with Gasteiger partial charge in [-0.1, -0.05) is 306 Å². The van der Waals surface area contributed by atoms with Crippen molar-refractivity contribution < 1.29 is 24.5 Å². The lowest BCUT2D eigenvalue weighted by molar-refractivity contribution is -0.143. The van der Waals surface area contributed by atoms with E-state index in [9.17, 15) is 19.8 Å². The topological polar surface area (TPSA) is 95.9 Å². The summed E-state index contributed by atoms with van der Waals surface area (Å²) in [6.07, 6.45) is 83.5. The summed E-state index contributed by atoms with van der Waals surface area (Å²) in [7, 11) is 0. The van der Waals surface area contributed by atoms with Gasteiger partial charge in [-0.15, -0.1) is 0 Å². The third-order valence-corrected chi connectivity index (χ3v) is 15.3. The van der Waals surface area contributed by atoms with Gasteiger partial charge in [0, 0.05) is 12.8 Å². The normalized spacial score (nSPS) is 12.9. The predicted molar refractivity (Wildman–Crippen MR) is 329 cm³/mol. The van der Waals surface area contributed by atoms with E-state index in [4.69, 9.17) is 4.74 Å². The quantitative estimate of drug-likeness (QED) is 0.0320. The zero-order chi connectivity index (χ0) is 54.3. The van der Waals surface area contributed by atoms with Crippen LogP contribution in [0.1, 0.15) is 354 Å². The summed E-state index contributed by atoms with van der Waals surface area (Å²) in [6, 6.07) is -0.623. The zero-order valence-corrected chi connectivity index (χ0v) is 50.3. The molecule has 0 bridgehead atoms. The van der Waals surface area contributed by atoms with E-state index in [1.54, 1.807) is 6.08 Å². The molecule has 6 heteroatoms. The molecule has 0 aliphatic carbocycles. The van der Waals surface area contributed by atoms with Crippen LogP contribution in [0, 0.1) is 0 Å². The number of amides is 1. The molecular formula is C69H129NO5. The number of nitrogens with one attached hydrogen (secondary N) is 1. The number of allylic oxidation sites excluding steroid dienone is 7. The van der Waals surface area contributed by atoms with E-state index in [1.807, 2.05) is 6.08 Å². The Morgan fingerprint density at radius 3 is 1.07 bits per heavy atom. The molecule has 0 spiro atoms. The summed E-state index contributed by atoms with van der Waals surface area (Å²) in [6.45, 7) is 4.84. The predicted octanol–water partition coefficient (Wildman–Crippen LogP) is 21.3. The van der Waals surface area contributed by atoms with E-state index in [2.05, 4.69) is 55.6 Å². The molecule has 0 saturated heterocycles. The van der Waals surface area contributed by atoms with Crippen molar-refractivity contribution in [3.8, 4) is 0 Å². The first-order valence-electron chi connectivity index (χ1n) is 33.4. The van der Waals surface area contributed by atoms with Crippen LogP contribution >= 0.6 is 0 Å². The Bertz CT molecular complexity index is 1260. The lowest BCUT2D eigenvalue weighted by Gasteiger charge is -2.20. The minimum Gasteiger partial charge on any atom is -0.466 e. The number of carbonyl (C=O) groups excluding carboxylic acids is 2. The molecule has 0 radical (unpaired) electrons. The third-order valence-electron chi connectivity index (χ3n) is 15.3. The SMILES string of the molecule is CCCC/C=C\C/C=C\CCCCCCCC(=O)OCCCCCCCCCCCCCCCC/C=C\CCCCCCCCCCCCCCCCCCCC(=O)NC(CO)C(O)/C=C/CCCCCCCCC. The molecule has 0 aromatic rings. The van der Waals surface area contributed by atoms with E-state index in [-0.39, 0.29) is 18.5 Å². The van der Waals surface area contributed by atoms with Crippen LogP contribution in [0.15, 0.2) is 48.6 Å². The lowest BCUT2D eigenvalue weighted by atomic mass is 10.0. The Balaban J connectivity index is 3.33. The summed E-state index contributed by atoms with van der Waals surface area (Å²) in [5, 5.41) is 23.0. The van der Waals surface area contributed by atoms with Gasteiger partial charge < -0.3 is 20.3 Å². The van der Waals surface area contributed by atoms with Crippen molar-refractivity contribution in [1.82, 2.24) is 5.32 Å². The van der Waals surface area contributed by atoms with Crippen LogP contribution in [0.4, 0.5) is 0 Å². The number of hydrogen-bond donors (Lipinski definition) is 3. The number of hydrogen-bond acceptors (Lipinski definition) is 5. The monoisotopic (exact) mass is 1050 g/mol. The second-order valence-electron chi connectivity index (χ2n) is 22.8. The summed E-state index contributed by atoms with van der Waals surface area (Å²) in [5.74, 6) is -0.0615. The molecule has 0 aromatic carbocycles. The van der Waals surface area contributed by atoms with Crippen LogP contribution < -0.4 is 5.32 Å². The molecule has 0 aliphatic heterocycles. The number of rotatable bonds is 62. The molecule has 6 nitrogen and oxygen atoms in total. The molecule has 1 amide bonds. The molecule has 0 saturated carbocycles.